The van der Waals surface area contributed by atoms with Crippen molar-refractivity contribution in [3.8, 4) is 33.6 Å². The van der Waals surface area contributed by atoms with Crippen LogP contribution in [0.4, 0.5) is 0 Å². The van der Waals surface area contributed by atoms with Crippen LogP contribution in [-0.4, -0.2) is 0 Å². The highest BCUT2D eigenvalue weighted by atomic mass is 16.3. The zero-order valence-electron chi connectivity index (χ0n) is 38.7. The Labute approximate surface area is 285 Å². The fourth-order valence-corrected chi connectivity index (χ4v) is 6.36. The van der Waals surface area contributed by atoms with E-state index in [4.69, 9.17) is 21.2 Å². The van der Waals surface area contributed by atoms with Gasteiger partial charge in [0.1, 0.15) is 22.5 Å². The summed E-state index contributed by atoms with van der Waals surface area (Å²) in [5.74, 6) is 0.403. The molecule has 214 valence electrons. The lowest BCUT2D eigenvalue weighted by Crippen LogP contribution is -1.91. The van der Waals surface area contributed by atoms with Gasteiger partial charge in [0.2, 0.25) is 0 Å². The second kappa shape index (κ2) is 9.69. The molecule has 2 heteroatoms. The minimum atomic E-state index is -0.759. The molecule has 2 nitrogen and oxygen atoms in total. The Hall–Kier alpha value is -6.12. The van der Waals surface area contributed by atoms with E-state index >= 15 is 0 Å². The summed E-state index contributed by atoms with van der Waals surface area (Å²) in [6, 6.07) is 9.48. The summed E-state index contributed by atoms with van der Waals surface area (Å²) in [6.07, 6.45) is 0. The monoisotopic (exact) mass is 601 g/mol. The lowest BCUT2D eigenvalue weighted by atomic mass is 9.85. The van der Waals surface area contributed by atoms with Crippen LogP contribution in [-0.2, 0) is 0 Å². The third-order valence-electron chi connectivity index (χ3n) is 8.35. The Morgan fingerprint density at radius 3 is 1.85 bits per heavy atom. The van der Waals surface area contributed by atoms with E-state index < -0.39 is 113 Å². The second-order valence-corrected chi connectivity index (χ2v) is 10.9. The van der Waals surface area contributed by atoms with Crippen LogP contribution in [0, 0.1) is 0 Å². The average Bonchev–Trinajstić information content (AvgIpc) is 3.88. The van der Waals surface area contributed by atoms with Crippen molar-refractivity contribution in [1.29, 1.82) is 0 Å². The van der Waals surface area contributed by atoms with E-state index in [1.165, 1.54) is 0 Å². The molecular formula is C44H26O2. The van der Waals surface area contributed by atoms with Gasteiger partial charge in [0.25, 0.3) is 0 Å². The number of hydrogen-bond donors (Lipinski definition) is 0. The average molecular weight is 602 g/mol. The maximum Gasteiger partial charge on any atom is 0.146 e. The molecule has 0 unspecified atom stereocenters. The molecule has 10 rings (SSSR count). The molecule has 2 aromatic heterocycles. The molecule has 2 heterocycles. The van der Waals surface area contributed by atoms with Gasteiger partial charge in [-0.05, 0) is 67.7 Å². The first-order valence-corrected chi connectivity index (χ1v) is 14.5. The lowest BCUT2D eigenvalue weighted by molar-refractivity contribution is 0.632. The minimum absolute atomic E-state index is 0.0641. The van der Waals surface area contributed by atoms with Crippen molar-refractivity contribution in [3.05, 3.63) is 157 Å². The van der Waals surface area contributed by atoms with Gasteiger partial charge in [-0.3, -0.25) is 0 Å². The Balaban J connectivity index is 1.52. The summed E-state index contributed by atoms with van der Waals surface area (Å²) < 4.78 is 148. The van der Waals surface area contributed by atoms with Gasteiger partial charge in [0, 0.05) is 27.5 Å². The van der Waals surface area contributed by atoms with Crippen LogP contribution in [0.25, 0.3) is 98.8 Å². The first-order valence-electron chi connectivity index (χ1n) is 22.0. The van der Waals surface area contributed by atoms with Crippen LogP contribution in [0.3, 0.4) is 0 Å². The summed E-state index contributed by atoms with van der Waals surface area (Å²) in [7, 11) is 0. The van der Waals surface area contributed by atoms with E-state index in [0.717, 1.165) is 0 Å². The van der Waals surface area contributed by atoms with E-state index in [-0.39, 0.29) is 38.3 Å². The predicted octanol–water partition coefficient (Wildman–Crippen LogP) is 12.8. The topological polar surface area (TPSA) is 26.3 Å². The van der Waals surface area contributed by atoms with E-state index in [0.29, 0.717) is 38.6 Å². The Bertz CT molecular complexity index is 3570. The van der Waals surface area contributed by atoms with E-state index in [9.17, 15) is 8.22 Å². The summed E-state index contributed by atoms with van der Waals surface area (Å²) in [5.41, 5.74) is 1.00. The van der Waals surface area contributed by atoms with E-state index in [2.05, 4.69) is 0 Å². The van der Waals surface area contributed by atoms with Gasteiger partial charge < -0.3 is 8.83 Å². The third-order valence-corrected chi connectivity index (χ3v) is 8.35. The van der Waals surface area contributed by atoms with Gasteiger partial charge in [-0.15, -0.1) is 0 Å². The highest BCUT2D eigenvalue weighted by Crippen LogP contribution is 2.49. The first kappa shape index (κ1) is 14.8. The Morgan fingerprint density at radius 2 is 1.09 bits per heavy atom. The summed E-state index contributed by atoms with van der Waals surface area (Å²) >= 11 is 0. The quantitative estimate of drug-likeness (QED) is 0.188. The van der Waals surface area contributed by atoms with Gasteiger partial charge in [-0.25, -0.2) is 0 Å². The molecule has 0 spiro atoms. The van der Waals surface area contributed by atoms with Gasteiger partial charge in [0.15, 0.2) is 0 Å². The molecule has 0 bridgehead atoms. The number of fused-ring (bicyclic) bond motifs is 8. The molecule has 8 aromatic carbocycles. The molecular weight excluding hydrogens is 560 g/mol. The van der Waals surface area contributed by atoms with Crippen molar-refractivity contribution in [2.45, 2.75) is 0 Å². The number of benzene rings is 8. The Morgan fingerprint density at radius 1 is 0.435 bits per heavy atom. The van der Waals surface area contributed by atoms with E-state index in [1.807, 2.05) is 42.5 Å². The van der Waals surface area contributed by atoms with Crippen molar-refractivity contribution in [1.82, 2.24) is 0 Å². The van der Waals surface area contributed by atoms with E-state index in [1.54, 1.807) is 24.3 Å². The minimum Gasteiger partial charge on any atom is -0.455 e. The number of para-hydroxylation sites is 1. The first-order chi connectivity index (χ1) is 29.1. The highest BCUT2D eigenvalue weighted by Gasteiger charge is 2.23. The number of furan rings is 2. The molecule has 0 fully saturated rings. The molecule has 0 saturated carbocycles. The zero-order valence-corrected chi connectivity index (χ0v) is 23.7. The summed E-state index contributed by atoms with van der Waals surface area (Å²) in [4.78, 5) is 0. The van der Waals surface area contributed by atoms with Crippen molar-refractivity contribution < 1.29 is 29.4 Å². The van der Waals surface area contributed by atoms with Crippen molar-refractivity contribution in [3.63, 3.8) is 0 Å². The van der Waals surface area contributed by atoms with Crippen LogP contribution < -0.4 is 0 Å². The molecule has 0 aliphatic carbocycles. The summed E-state index contributed by atoms with van der Waals surface area (Å²) in [6.45, 7) is 0. The van der Waals surface area contributed by atoms with Gasteiger partial charge in [-0.2, -0.15) is 0 Å². The third kappa shape index (κ3) is 3.65. The van der Waals surface area contributed by atoms with Crippen LogP contribution in [0.15, 0.2) is 166 Å². The van der Waals surface area contributed by atoms with Crippen LogP contribution in [0.1, 0.15) is 20.6 Å². The number of rotatable bonds is 3. The lowest BCUT2D eigenvalue weighted by Gasteiger charge is -2.18. The number of hydrogen-bond acceptors (Lipinski definition) is 2. The molecule has 0 radical (unpaired) electrons. The zero-order chi connectivity index (χ0) is 43.2. The molecule has 0 N–H and O–H groups in total. The smallest absolute Gasteiger partial charge is 0.146 e. The predicted molar refractivity (Wildman–Crippen MR) is 192 cm³/mol. The molecule has 46 heavy (non-hydrogen) atoms. The summed E-state index contributed by atoms with van der Waals surface area (Å²) in [5, 5.41) is -0.353. The van der Waals surface area contributed by atoms with Crippen molar-refractivity contribution in [2.75, 3.05) is 0 Å². The van der Waals surface area contributed by atoms with Gasteiger partial charge >= 0.3 is 0 Å². The Kier molecular flexibility index (Phi) is 3.11. The largest absolute Gasteiger partial charge is 0.455 e. The van der Waals surface area contributed by atoms with Crippen LogP contribution in [0.5, 0.6) is 0 Å². The molecule has 0 aliphatic heterocycles. The highest BCUT2D eigenvalue weighted by molar-refractivity contribution is 6.26. The van der Waals surface area contributed by atoms with Gasteiger partial charge in [0.05, 0.1) is 25.9 Å². The fourth-order valence-electron chi connectivity index (χ4n) is 6.36. The fraction of sp³-hybridized carbons (Fsp3) is 0. The standard InChI is InChI=1S/C44H26O2/c1-2-13-28(14-3-1)40-26-38-43-36(31-16-10-11-21-39(31)45-43)25-37(44(38)46-40)42-34-19-8-6-17-32(34)41(33-18-7-9-20-35(33)42)30-23-22-27-12-4-5-15-29(27)24-30/h1-26H/i4D,5D,6D,7D,8D,9D,12D,15D,17D,18D,19D,20D,22D,23D,24D. The molecule has 0 atom stereocenters. The maximum absolute atomic E-state index is 9.51. The normalized spacial score (nSPS) is 16.5. The molecule has 0 saturated heterocycles. The van der Waals surface area contributed by atoms with Crippen LogP contribution >= 0.6 is 0 Å². The maximum atomic E-state index is 9.51. The second-order valence-electron chi connectivity index (χ2n) is 10.9. The molecule has 10 aromatic rings. The molecule has 0 aliphatic rings. The van der Waals surface area contributed by atoms with Crippen molar-refractivity contribution in [2.24, 2.45) is 0 Å². The van der Waals surface area contributed by atoms with Gasteiger partial charge in [-0.1, -0.05) is 133 Å². The van der Waals surface area contributed by atoms with Crippen molar-refractivity contribution >= 4 is 65.2 Å². The molecule has 0 amide bonds. The van der Waals surface area contributed by atoms with Crippen LogP contribution in [0.2, 0.25) is 0 Å². The SMILES string of the molecule is [2H]c1c([2H])c([2H])c2c([2H])c(-c3c4c([2H])c([2H])c([2H])c([2H])c4c(-c4cc5c6ccccc6oc5c5cc(-c6ccccc6)oc45)c4c([2H])c([2H])c([2H])c([2H])c34)c([2H])c([2H])c2c1[2H].